The van der Waals surface area contributed by atoms with Crippen LogP contribution in [0.3, 0.4) is 0 Å². The molecule has 2 fully saturated rings. The number of fused-ring (bicyclic) bond motifs is 1. The highest BCUT2D eigenvalue weighted by Gasteiger charge is 2.37. The highest BCUT2D eigenvalue weighted by molar-refractivity contribution is 5.96. The van der Waals surface area contributed by atoms with Crippen molar-refractivity contribution in [1.29, 1.82) is 0 Å². The molecular formula is C26H31N3O4. The van der Waals surface area contributed by atoms with Crippen molar-refractivity contribution in [2.24, 2.45) is 5.92 Å². The molecule has 1 aliphatic carbocycles. The maximum Gasteiger partial charge on any atom is 0.253 e. The number of anilines is 1. The molecule has 1 N–H and O–H groups in total. The lowest BCUT2D eigenvalue weighted by molar-refractivity contribution is -0.123. The quantitative estimate of drug-likeness (QED) is 0.754. The topological polar surface area (TPSA) is 71.1 Å². The molecule has 33 heavy (non-hydrogen) atoms. The Balaban J connectivity index is 1.26. The molecule has 1 atom stereocenters. The first kappa shape index (κ1) is 21.8. The minimum atomic E-state index is -0.186. The van der Waals surface area contributed by atoms with Crippen molar-refractivity contribution in [2.75, 3.05) is 38.3 Å². The van der Waals surface area contributed by atoms with E-state index < -0.39 is 0 Å². The fourth-order valence-corrected chi connectivity index (χ4v) is 5.22. The lowest BCUT2D eigenvalue weighted by Crippen LogP contribution is -2.56. The maximum atomic E-state index is 13.5. The van der Waals surface area contributed by atoms with Gasteiger partial charge in [0, 0.05) is 43.5 Å². The minimum Gasteiger partial charge on any atom is -0.454 e. The van der Waals surface area contributed by atoms with Gasteiger partial charge in [-0.2, -0.15) is 0 Å². The molecular weight excluding hydrogens is 418 g/mol. The summed E-state index contributed by atoms with van der Waals surface area (Å²) >= 11 is 0. The van der Waals surface area contributed by atoms with E-state index in [4.69, 9.17) is 9.47 Å². The van der Waals surface area contributed by atoms with Crippen LogP contribution in [-0.2, 0) is 4.79 Å². The van der Waals surface area contributed by atoms with Crippen LogP contribution in [0, 0.1) is 12.8 Å². The monoisotopic (exact) mass is 449 g/mol. The number of amides is 2. The smallest absolute Gasteiger partial charge is 0.253 e. The number of nitrogens with zero attached hydrogens (tertiary/aromatic N) is 2. The van der Waals surface area contributed by atoms with Crippen LogP contribution in [0.25, 0.3) is 0 Å². The zero-order chi connectivity index (χ0) is 22.8. The molecule has 0 bridgehead atoms. The van der Waals surface area contributed by atoms with Crippen LogP contribution in [0.1, 0.15) is 41.6 Å². The van der Waals surface area contributed by atoms with E-state index in [0.29, 0.717) is 43.6 Å². The van der Waals surface area contributed by atoms with Crippen molar-refractivity contribution in [1.82, 2.24) is 9.80 Å². The number of ether oxygens (including phenoxy) is 2. The number of benzene rings is 2. The van der Waals surface area contributed by atoms with Crippen molar-refractivity contribution < 1.29 is 19.1 Å². The normalized spacial score (nSPS) is 19.5. The molecule has 2 aromatic carbocycles. The van der Waals surface area contributed by atoms with E-state index in [9.17, 15) is 9.59 Å². The summed E-state index contributed by atoms with van der Waals surface area (Å²) in [6.45, 7) is 4.90. The van der Waals surface area contributed by atoms with Crippen LogP contribution in [0.15, 0.2) is 42.5 Å². The minimum absolute atomic E-state index is 0.0269. The highest BCUT2D eigenvalue weighted by atomic mass is 16.7. The molecule has 5 rings (SSSR count). The van der Waals surface area contributed by atoms with Crippen molar-refractivity contribution in [3.05, 3.63) is 53.6 Å². The maximum absolute atomic E-state index is 13.5. The summed E-state index contributed by atoms with van der Waals surface area (Å²) in [5, 5.41) is 3.11. The molecule has 7 nitrogen and oxygen atoms in total. The number of hydrogen-bond donors (Lipinski definition) is 1. The van der Waals surface area contributed by atoms with Crippen LogP contribution < -0.4 is 14.8 Å². The van der Waals surface area contributed by atoms with Gasteiger partial charge in [0.25, 0.3) is 5.91 Å². The Hall–Kier alpha value is -3.06. The molecule has 1 saturated carbocycles. The molecule has 2 heterocycles. The number of nitrogens with one attached hydrogen (secondary N) is 1. The summed E-state index contributed by atoms with van der Waals surface area (Å²) in [5.41, 5.74) is 2.59. The molecule has 174 valence electrons. The molecule has 2 amide bonds. The predicted molar refractivity (Wildman–Crippen MR) is 126 cm³/mol. The predicted octanol–water partition coefficient (Wildman–Crippen LogP) is 3.68. The van der Waals surface area contributed by atoms with E-state index in [1.54, 1.807) is 0 Å². The van der Waals surface area contributed by atoms with Crippen molar-refractivity contribution in [3.63, 3.8) is 0 Å². The Bertz CT molecular complexity index is 1010. The average Bonchev–Trinajstić information content (AvgIpc) is 3.52. The van der Waals surface area contributed by atoms with Gasteiger partial charge in [0.1, 0.15) is 0 Å². The third-order valence-corrected chi connectivity index (χ3v) is 7.05. The van der Waals surface area contributed by atoms with Gasteiger partial charge in [0.05, 0.1) is 6.04 Å². The second kappa shape index (κ2) is 9.43. The Morgan fingerprint density at radius 3 is 2.36 bits per heavy atom. The van der Waals surface area contributed by atoms with Gasteiger partial charge >= 0.3 is 0 Å². The number of rotatable bonds is 5. The van der Waals surface area contributed by atoms with Crippen LogP contribution in [0.5, 0.6) is 11.5 Å². The Morgan fingerprint density at radius 2 is 1.64 bits per heavy atom. The fraction of sp³-hybridized carbons (Fsp3) is 0.462. The molecule has 2 aliphatic heterocycles. The molecule has 0 radical (unpaired) electrons. The van der Waals surface area contributed by atoms with Crippen LogP contribution in [-0.4, -0.2) is 60.6 Å². The number of aryl methyl sites for hydroxylation is 1. The zero-order valence-electron chi connectivity index (χ0n) is 19.1. The molecule has 1 saturated heterocycles. The molecule has 2 aromatic rings. The Kier molecular flexibility index (Phi) is 6.22. The largest absolute Gasteiger partial charge is 0.454 e. The zero-order valence-corrected chi connectivity index (χ0v) is 19.1. The van der Waals surface area contributed by atoms with Gasteiger partial charge in [-0.1, -0.05) is 30.5 Å². The van der Waals surface area contributed by atoms with E-state index in [-0.39, 0.29) is 24.6 Å². The summed E-state index contributed by atoms with van der Waals surface area (Å²) in [6, 6.07) is 13.1. The van der Waals surface area contributed by atoms with Crippen molar-refractivity contribution in [2.45, 2.75) is 38.6 Å². The molecule has 3 aliphatic rings. The third kappa shape index (κ3) is 4.69. The van der Waals surface area contributed by atoms with Gasteiger partial charge in [0.2, 0.25) is 12.7 Å². The summed E-state index contributed by atoms with van der Waals surface area (Å²) in [4.78, 5) is 30.6. The fourth-order valence-electron chi connectivity index (χ4n) is 5.22. The molecule has 0 spiro atoms. The van der Waals surface area contributed by atoms with Crippen LogP contribution >= 0.6 is 0 Å². The van der Waals surface area contributed by atoms with Crippen molar-refractivity contribution in [3.8, 4) is 11.5 Å². The SMILES string of the molecule is Cc1ccc(C(=O)N2CCN([C@H](C(=O)Nc3ccc4c(c3)OCO4)C3CCCC3)CC2)cc1. The summed E-state index contributed by atoms with van der Waals surface area (Å²) in [7, 11) is 0. The third-order valence-electron chi connectivity index (χ3n) is 7.05. The van der Waals surface area contributed by atoms with Gasteiger partial charge < -0.3 is 19.7 Å². The first-order chi connectivity index (χ1) is 16.1. The van der Waals surface area contributed by atoms with Crippen LogP contribution in [0.2, 0.25) is 0 Å². The summed E-state index contributed by atoms with van der Waals surface area (Å²) < 4.78 is 10.8. The number of carbonyl (C=O) groups is 2. The van der Waals surface area contributed by atoms with E-state index in [1.165, 1.54) is 12.8 Å². The summed E-state index contributed by atoms with van der Waals surface area (Å²) in [5.74, 6) is 1.80. The number of piperazine rings is 1. The lowest BCUT2D eigenvalue weighted by Gasteiger charge is -2.40. The highest BCUT2D eigenvalue weighted by Crippen LogP contribution is 2.35. The second-order valence-corrected chi connectivity index (χ2v) is 9.24. The molecule has 0 unspecified atom stereocenters. The average molecular weight is 450 g/mol. The lowest BCUT2D eigenvalue weighted by atomic mass is 9.94. The number of carbonyl (C=O) groups excluding carboxylic acids is 2. The second-order valence-electron chi connectivity index (χ2n) is 9.24. The van der Waals surface area contributed by atoms with Gasteiger partial charge in [-0.25, -0.2) is 0 Å². The van der Waals surface area contributed by atoms with E-state index in [2.05, 4.69) is 10.2 Å². The van der Waals surface area contributed by atoms with E-state index in [0.717, 1.165) is 29.7 Å². The van der Waals surface area contributed by atoms with Crippen molar-refractivity contribution >= 4 is 17.5 Å². The van der Waals surface area contributed by atoms with Gasteiger partial charge in [-0.05, 0) is 49.9 Å². The number of hydrogen-bond acceptors (Lipinski definition) is 5. The summed E-state index contributed by atoms with van der Waals surface area (Å²) in [6.07, 6.45) is 4.48. The standard InChI is InChI=1S/C26H31N3O4/c1-18-6-8-20(9-7-18)26(31)29-14-12-28(13-15-29)24(19-4-2-3-5-19)25(30)27-21-10-11-22-23(16-21)33-17-32-22/h6-11,16,19,24H,2-5,12-15,17H2,1H3,(H,27,30)/t24-/m0/s1. The first-order valence-electron chi connectivity index (χ1n) is 11.9. The Morgan fingerprint density at radius 1 is 0.939 bits per heavy atom. The van der Waals surface area contributed by atoms with Crippen LogP contribution in [0.4, 0.5) is 5.69 Å². The van der Waals surface area contributed by atoms with Gasteiger partial charge in [-0.15, -0.1) is 0 Å². The molecule has 7 heteroatoms. The van der Waals surface area contributed by atoms with E-state index in [1.807, 2.05) is 54.3 Å². The Labute approximate surface area is 194 Å². The van der Waals surface area contributed by atoms with Gasteiger partial charge in [0.15, 0.2) is 11.5 Å². The van der Waals surface area contributed by atoms with Gasteiger partial charge in [-0.3, -0.25) is 14.5 Å². The van der Waals surface area contributed by atoms with E-state index >= 15 is 0 Å². The first-order valence-corrected chi connectivity index (χ1v) is 11.9. The molecule has 0 aromatic heterocycles.